The minimum Gasteiger partial charge on any atom is -0.363 e. The van der Waals surface area contributed by atoms with Crippen LogP contribution in [0.5, 0.6) is 0 Å². The lowest BCUT2D eigenvalue weighted by molar-refractivity contribution is -0.137. The summed E-state index contributed by atoms with van der Waals surface area (Å²) in [6, 6.07) is 0. The number of Topliss-reactive ketones (excluding diaryl/α,β-unsaturated/α-hetero) is 1. The van der Waals surface area contributed by atoms with E-state index in [0.717, 1.165) is 18.8 Å². The zero-order valence-corrected chi connectivity index (χ0v) is 7.66. The monoisotopic (exact) mass is 181 g/mol. The van der Waals surface area contributed by atoms with E-state index in [1.807, 2.05) is 0 Å². The average molecular weight is 181 g/mol. The number of carbonyl (C=O) groups is 2. The van der Waals surface area contributed by atoms with Gasteiger partial charge in [-0.3, -0.25) is 9.59 Å². The molecule has 13 heavy (non-hydrogen) atoms. The third kappa shape index (κ3) is 3.01. The van der Waals surface area contributed by atoms with E-state index in [4.69, 9.17) is 5.73 Å². The number of allylic oxidation sites excluding steroid dienone is 1. The molecule has 1 atom stereocenters. The first-order valence-electron chi connectivity index (χ1n) is 4.61. The lowest BCUT2D eigenvalue weighted by Gasteiger charge is -2.07. The maximum atomic E-state index is 11.2. The summed E-state index contributed by atoms with van der Waals surface area (Å²) >= 11 is 0. The molecule has 3 heteroatoms. The molecule has 0 saturated heterocycles. The predicted octanol–water partition coefficient (Wildman–Crippen LogP) is 1.03. The van der Waals surface area contributed by atoms with E-state index in [1.165, 1.54) is 18.9 Å². The highest BCUT2D eigenvalue weighted by Crippen LogP contribution is 2.34. The molecule has 1 fully saturated rings. The van der Waals surface area contributed by atoms with Crippen LogP contribution in [0.2, 0.25) is 0 Å². The number of primary amides is 1. The quantitative estimate of drug-likeness (QED) is 0.491. The van der Waals surface area contributed by atoms with Gasteiger partial charge in [-0.2, -0.15) is 0 Å². The first-order valence-corrected chi connectivity index (χ1v) is 4.61. The van der Waals surface area contributed by atoms with E-state index in [2.05, 4.69) is 6.58 Å². The van der Waals surface area contributed by atoms with Crippen molar-refractivity contribution in [2.45, 2.75) is 25.7 Å². The van der Waals surface area contributed by atoms with Crippen molar-refractivity contribution in [2.75, 3.05) is 0 Å². The fraction of sp³-hybridized carbons (Fsp3) is 0.600. The van der Waals surface area contributed by atoms with E-state index in [1.54, 1.807) is 0 Å². The first kappa shape index (κ1) is 9.96. The number of hydrogen-bond acceptors (Lipinski definition) is 2. The van der Waals surface area contributed by atoms with E-state index in [0.29, 0.717) is 0 Å². The van der Waals surface area contributed by atoms with E-state index < -0.39 is 11.7 Å². The van der Waals surface area contributed by atoms with Crippen LogP contribution in [0.4, 0.5) is 0 Å². The molecule has 2 N–H and O–H groups in total. The average Bonchev–Trinajstić information content (AvgIpc) is 2.88. The number of carbonyl (C=O) groups excluding carboxylic acids is 2. The fourth-order valence-electron chi connectivity index (χ4n) is 1.36. The second-order valence-corrected chi connectivity index (χ2v) is 3.59. The molecule has 1 saturated carbocycles. The number of nitrogens with two attached hydrogens (primary N) is 1. The third-order valence-corrected chi connectivity index (χ3v) is 2.45. The Morgan fingerprint density at radius 3 is 2.54 bits per heavy atom. The van der Waals surface area contributed by atoms with Crippen molar-refractivity contribution in [2.24, 2.45) is 17.6 Å². The zero-order valence-electron chi connectivity index (χ0n) is 7.66. The summed E-state index contributed by atoms with van der Waals surface area (Å²) in [5.74, 6) is -0.947. The van der Waals surface area contributed by atoms with E-state index in [-0.39, 0.29) is 5.92 Å². The molecular weight excluding hydrogens is 166 g/mol. The van der Waals surface area contributed by atoms with Crippen LogP contribution in [-0.4, -0.2) is 11.7 Å². The van der Waals surface area contributed by atoms with Crippen molar-refractivity contribution in [3.8, 4) is 0 Å². The van der Waals surface area contributed by atoms with Gasteiger partial charge in [0.1, 0.15) is 0 Å². The molecule has 1 aliphatic carbocycles. The Hall–Kier alpha value is -1.12. The number of rotatable bonds is 6. The number of ketones is 1. The van der Waals surface area contributed by atoms with Crippen molar-refractivity contribution in [3.63, 3.8) is 0 Å². The molecule has 0 unspecified atom stereocenters. The molecule has 1 aliphatic rings. The Bertz CT molecular complexity index is 231. The standard InChI is InChI=1S/C10H15NO2/c1-2-8(9(12)10(11)13)6-5-7-3-4-7/h2,7-8H,1,3-6H2,(H2,11,13)/t8-/m0/s1. The van der Waals surface area contributed by atoms with Crippen molar-refractivity contribution in [3.05, 3.63) is 12.7 Å². The highest BCUT2D eigenvalue weighted by molar-refractivity contribution is 6.36. The number of hydrogen-bond donors (Lipinski definition) is 1. The van der Waals surface area contributed by atoms with Crippen LogP contribution >= 0.6 is 0 Å². The molecule has 0 aromatic carbocycles. The Kier molecular flexibility index (Phi) is 3.23. The maximum absolute atomic E-state index is 11.2. The van der Waals surface area contributed by atoms with Gasteiger partial charge in [0.05, 0.1) is 0 Å². The highest BCUT2D eigenvalue weighted by Gasteiger charge is 2.25. The summed E-state index contributed by atoms with van der Waals surface area (Å²) in [4.78, 5) is 21.7. The van der Waals surface area contributed by atoms with Gasteiger partial charge in [-0.1, -0.05) is 18.9 Å². The first-order chi connectivity index (χ1) is 6.15. The molecule has 0 aromatic rings. The largest absolute Gasteiger partial charge is 0.363 e. The van der Waals surface area contributed by atoms with Gasteiger partial charge in [-0.05, 0) is 18.8 Å². The van der Waals surface area contributed by atoms with Crippen LogP contribution in [-0.2, 0) is 9.59 Å². The van der Waals surface area contributed by atoms with Gasteiger partial charge in [0, 0.05) is 5.92 Å². The van der Waals surface area contributed by atoms with Crippen LogP contribution < -0.4 is 5.73 Å². The fourth-order valence-corrected chi connectivity index (χ4v) is 1.36. The minimum atomic E-state index is -0.847. The zero-order chi connectivity index (χ0) is 9.84. The SMILES string of the molecule is C=C[C@@H](CCC1CC1)C(=O)C(N)=O. The Morgan fingerprint density at radius 1 is 1.54 bits per heavy atom. The summed E-state index contributed by atoms with van der Waals surface area (Å²) in [7, 11) is 0. The highest BCUT2D eigenvalue weighted by atomic mass is 16.2. The van der Waals surface area contributed by atoms with Crippen LogP contribution in [0.1, 0.15) is 25.7 Å². The van der Waals surface area contributed by atoms with Crippen molar-refractivity contribution in [1.82, 2.24) is 0 Å². The smallest absolute Gasteiger partial charge is 0.285 e. The van der Waals surface area contributed by atoms with Gasteiger partial charge >= 0.3 is 0 Å². The second kappa shape index (κ2) is 4.21. The Morgan fingerprint density at radius 2 is 2.15 bits per heavy atom. The maximum Gasteiger partial charge on any atom is 0.285 e. The lowest BCUT2D eigenvalue weighted by Crippen LogP contribution is -2.29. The number of amides is 1. The summed E-state index contributed by atoms with van der Waals surface area (Å²) in [5, 5.41) is 0. The summed E-state index contributed by atoms with van der Waals surface area (Å²) < 4.78 is 0. The molecule has 0 spiro atoms. The molecule has 0 aliphatic heterocycles. The van der Waals surface area contributed by atoms with Gasteiger partial charge < -0.3 is 5.73 Å². The molecule has 0 bridgehead atoms. The van der Waals surface area contributed by atoms with Crippen molar-refractivity contribution >= 4 is 11.7 Å². The van der Waals surface area contributed by atoms with Crippen LogP contribution in [0, 0.1) is 11.8 Å². The normalized spacial score (nSPS) is 17.8. The van der Waals surface area contributed by atoms with Gasteiger partial charge in [0.25, 0.3) is 5.91 Å². The van der Waals surface area contributed by atoms with Crippen molar-refractivity contribution < 1.29 is 9.59 Å². The van der Waals surface area contributed by atoms with Crippen LogP contribution in [0.3, 0.4) is 0 Å². The van der Waals surface area contributed by atoms with Gasteiger partial charge in [0.15, 0.2) is 0 Å². The van der Waals surface area contributed by atoms with Gasteiger partial charge in [0.2, 0.25) is 5.78 Å². The van der Waals surface area contributed by atoms with Crippen molar-refractivity contribution in [1.29, 1.82) is 0 Å². The third-order valence-electron chi connectivity index (χ3n) is 2.45. The summed E-state index contributed by atoms with van der Waals surface area (Å²) in [6.45, 7) is 3.53. The van der Waals surface area contributed by atoms with E-state index in [9.17, 15) is 9.59 Å². The molecule has 0 heterocycles. The molecule has 0 radical (unpaired) electrons. The second-order valence-electron chi connectivity index (χ2n) is 3.59. The minimum absolute atomic E-state index is 0.363. The Labute approximate surface area is 78.0 Å². The molecule has 72 valence electrons. The molecule has 1 rings (SSSR count). The topological polar surface area (TPSA) is 60.2 Å². The lowest BCUT2D eigenvalue weighted by atomic mass is 9.96. The molecule has 0 aromatic heterocycles. The predicted molar refractivity (Wildman–Crippen MR) is 49.8 cm³/mol. The molecule has 3 nitrogen and oxygen atoms in total. The van der Waals surface area contributed by atoms with Crippen LogP contribution in [0.15, 0.2) is 12.7 Å². The molecular formula is C10H15NO2. The summed E-state index contributed by atoms with van der Waals surface area (Å²) in [5.41, 5.74) is 4.90. The van der Waals surface area contributed by atoms with Crippen LogP contribution in [0.25, 0.3) is 0 Å². The Balaban J connectivity index is 2.35. The van der Waals surface area contributed by atoms with Gasteiger partial charge in [-0.15, -0.1) is 6.58 Å². The molecule has 1 amide bonds. The summed E-state index contributed by atoms with van der Waals surface area (Å²) in [6.07, 6.45) is 5.77. The van der Waals surface area contributed by atoms with E-state index >= 15 is 0 Å². The van der Waals surface area contributed by atoms with Gasteiger partial charge in [-0.25, -0.2) is 0 Å².